The van der Waals surface area contributed by atoms with Crippen LogP contribution in [0.2, 0.25) is 10.0 Å². The minimum absolute atomic E-state index is 0.109. The molecule has 14 nitrogen and oxygen atoms in total. The van der Waals surface area contributed by atoms with Gasteiger partial charge in [-0.3, -0.25) is 0 Å². The lowest BCUT2D eigenvalue weighted by Gasteiger charge is -2.31. The van der Waals surface area contributed by atoms with Gasteiger partial charge in [0.25, 0.3) is 0 Å². The number of carbonyl (C=O) groups excluding carboxylic acids is 4. The van der Waals surface area contributed by atoms with Gasteiger partial charge >= 0.3 is 23.9 Å². The molecule has 56 heavy (non-hydrogen) atoms. The summed E-state index contributed by atoms with van der Waals surface area (Å²) in [5.41, 5.74) is 15.4. The molecule has 0 aliphatic carbocycles. The minimum atomic E-state index is -0.752. The van der Waals surface area contributed by atoms with Crippen LogP contribution in [0.25, 0.3) is 0 Å². The Bertz CT molecular complexity index is 1740. The number of rotatable bonds is 16. The van der Waals surface area contributed by atoms with E-state index in [0.717, 1.165) is 0 Å². The molecule has 2 atom stereocenters. The lowest BCUT2D eigenvalue weighted by atomic mass is 9.80. The predicted molar refractivity (Wildman–Crippen MR) is 211 cm³/mol. The van der Waals surface area contributed by atoms with Crippen LogP contribution >= 0.6 is 23.2 Å². The molecule has 0 aromatic heterocycles. The summed E-state index contributed by atoms with van der Waals surface area (Å²) >= 11 is 12.8. The normalized spacial score (nSPS) is 16.7. The van der Waals surface area contributed by atoms with E-state index in [9.17, 15) is 19.2 Å². The fourth-order valence-electron chi connectivity index (χ4n) is 6.24. The van der Waals surface area contributed by atoms with Crippen molar-refractivity contribution in [2.75, 3.05) is 67.0 Å². The molecule has 2 aliphatic rings. The van der Waals surface area contributed by atoms with E-state index in [1.54, 1.807) is 76.2 Å². The zero-order valence-electron chi connectivity index (χ0n) is 32.4. The van der Waals surface area contributed by atoms with E-state index in [-0.39, 0.29) is 37.6 Å². The third-order valence-electron chi connectivity index (χ3n) is 8.54. The molecule has 0 saturated heterocycles. The van der Waals surface area contributed by atoms with Crippen molar-refractivity contribution < 1.29 is 47.6 Å². The van der Waals surface area contributed by atoms with Crippen molar-refractivity contribution in [2.45, 2.75) is 39.5 Å². The zero-order valence-corrected chi connectivity index (χ0v) is 33.9. The Morgan fingerprint density at radius 2 is 0.964 bits per heavy atom. The lowest BCUT2D eigenvalue weighted by Crippen LogP contribution is -2.35. The molecule has 0 spiro atoms. The molecule has 0 saturated carbocycles. The summed E-state index contributed by atoms with van der Waals surface area (Å²) in [6, 6.07) is 14.1. The van der Waals surface area contributed by atoms with Crippen molar-refractivity contribution >= 4 is 47.1 Å². The minimum Gasteiger partial charge on any atom is -0.466 e. The van der Waals surface area contributed by atoms with Crippen molar-refractivity contribution in [1.29, 1.82) is 0 Å². The van der Waals surface area contributed by atoms with Gasteiger partial charge in [0, 0.05) is 34.5 Å². The van der Waals surface area contributed by atoms with Crippen LogP contribution in [0.4, 0.5) is 0 Å². The first-order valence-corrected chi connectivity index (χ1v) is 18.6. The van der Waals surface area contributed by atoms with E-state index in [2.05, 4.69) is 10.6 Å². The Morgan fingerprint density at radius 1 is 0.607 bits per heavy atom. The van der Waals surface area contributed by atoms with Gasteiger partial charge in [-0.15, -0.1) is 0 Å². The van der Waals surface area contributed by atoms with Crippen molar-refractivity contribution in [3.63, 3.8) is 0 Å². The number of nitrogens with two attached hydrogens (primary N) is 2. The van der Waals surface area contributed by atoms with Gasteiger partial charge in [-0.2, -0.15) is 0 Å². The number of allylic oxidation sites excluding steroid dienone is 2. The zero-order chi connectivity index (χ0) is 41.4. The van der Waals surface area contributed by atoms with Gasteiger partial charge < -0.3 is 50.5 Å². The van der Waals surface area contributed by atoms with Gasteiger partial charge in [0.05, 0.1) is 99.4 Å². The summed E-state index contributed by atoms with van der Waals surface area (Å²) in [5, 5.41) is 7.04. The Hall–Kier alpha value is -4.70. The number of carbonyl (C=O) groups is 4. The number of halogens is 2. The molecule has 0 amide bonds. The SMILES string of the molecule is CCOC(=O)C1=C(COCCN)NC(C)=C(C(=O)OC)[C@@H]1c1ccccc1Cl.CCOC(=O)C1=C(COCCN)NC(C)=C(C(=O)OC)[C@H]1c1ccccc1Cl. The van der Waals surface area contributed by atoms with Gasteiger partial charge in [0.2, 0.25) is 0 Å². The highest BCUT2D eigenvalue weighted by Crippen LogP contribution is 2.43. The molecular formula is C40H50Cl2N4O10. The number of benzene rings is 2. The summed E-state index contributed by atoms with van der Waals surface area (Å²) in [5.74, 6) is -3.73. The maximum atomic E-state index is 12.9. The molecule has 0 bridgehead atoms. The number of hydrogen-bond acceptors (Lipinski definition) is 14. The number of hydrogen-bond donors (Lipinski definition) is 4. The second-order valence-electron chi connectivity index (χ2n) is 12.1. The third-order valence-corrected chi connectivity index (χ3v) is 9.23. The second-order valence-corrected chi connectivity index (χ2v) is 12.9. The van der Waals surface area contributed by atoms with Crippen LogP contribution in [0.15, 0.2) is 93.6 Å². The molecule has 304 valence electrons. The molecule has 0 unspecified atom stereocenters. The van der Waals surface area contributed by atoms with Crippen LogP contribution in [0.1, 0.15) is 50.7 Å². The Morgan fingerprint density at radius 3 is 1.27 bits per heavy atom. The molecule has 4 rings (SSSR count). The molecule has 6 N–H and O–H groups in total. The summed E-state index contributed by atoms with van der Waals surface area (Å²) in [6.45, 7) is 8.83. The maximum Gasteiger partial charge on any atom is 0.336 e. The van der Waals surface area contributed by atoms with Crippen LogP contribution in [-0.2, 0) is 47.6 Å². The van der Waals surface area contributed by atoms with E-state index in [4.69, 9.17) is 63.1 Å². The second kappa shape index (κ2) is 22.8. The van der Waals surface area contributed by atoms with E-state index in [0.29, 0.717) is 81.4 Å². The van der Waals surface area contributed by atoms with Gasteiger partial charge in [0.1, 0.15) is 0 Å². The maximum absolute atomic E-state index is 12.9. The van der Waals surface area contributed by atoms with Crippen LogP contribution in [0, 0.1) is 0 Å². The van der Waals surface area contributed by atoms with E-state index < -0.39 is 35.7 Å². The number of nitrogens with one attached hydrogen (secondary N) is 2. The smallest absolute Gasteiger partial charge is 0.336 e. The number of dihydropyridines is 2. The van der Waals surface area contributed by atoms with Gasteiger partial charge in [0.15, 0.2) is 0 Å². The summed E-state index contributed by atoms with van der Waals surface area (Å²) in [4.78, 5) is 50.9. The summed E-state index contributed by atoms with van der Waals surface area (Å²) in [7, 11) is 2.58. The van der Waals surface area contributed by atoms with Gasteiger partial charge in [-0.1, -0.05) is 59.6 Å². The van der Waals surface area contributed by atoms with Gasteiger partial charge in [-0.05, 0) is 51.0 Å². The lowest BCUT2D eigenvalue weighted by molar-refractivity contribution is -0.140. The van der Waals surface area contributed by atoms with Crippen LogP contribution in [0.5, 0.6) is 0 Å². The summed E-state index contributed by atoms with van der Waals surface area (Å²) < 4.78 is 31.6. The molecule has 2 aliphatic heterocycles. The highest BCUT2D eigenvalue weighted by atomic mass is 35.5. The van der Waals surface area contributed by atoms with Crippen molar-refractivity contribution in [1.82, 2.24) is 10.6 Å². The molecule has 0 radical (unpaired) electrons. The third kappa shape index (κ3) is 11.2. The molecular weight excluding hydrogens is 767 g/mol. The van der Waals surface area contributed by atoms with Crippen molar-refractivity contribution in [3.05, 3.63) is 115 Å². The topological polar surface area (TPSA) is 200 Å². The van der Waals surface area contributed by atoms with E-state index in [1.807, 2.05) is 0 Å². The average molecular weight is 818 g/mol. The number of ether oxygens (including phenoxy) is 6. The molecule has 16 heteroatoms. The van der Waals surface area contributed by atoms with Crippen LogP contribution in [0.3, 0.4) is 0 Å². The molecule has 2 heterocycles. The fraction of sp³-hybridized carbons (Fsp3) is 0.400. The first-order valence-electron chi connectivity index (χ1n) is 17.9. The highest BCUT2D eigenvalue weighted by Gasteiger charge is 2.41. The molecule has 2 aromatic carbocycles. The standard InChI is InChI=1S/2C20H25ClN2O5/c2*1-4-28-20(25)18-15(11-27-10-9-22)23-12(2)16(19(24)26-3)17(18)13-7-5-6-8-14(13)21/h2*5-8,17,23H,4,9-11,22H2,1-3H3/t2*17-/m10/s1. The van der Waals surface area contributed by atoms with Crippen molar-refractivity contribution in [2.24, 2.45) is 11.5 Å². The number of esters is 4. The first-order chi connectivity index (χ1) is 26.9. The van der Waals surface area contributed by atoms with Crippen molar-refractivity contribution in [3.8, 4) is 0 Å². The number of methoxy groups -OCH3 is 2. The Labute approximate surface area is 337 Å². The quantitative estimate of drug-likeness (QED) is 0.105. The Balaban J connectivity index is 0.000000300. The van der Waals surface area contributed by atoms with E-state index >= 15 is 0 Å². The van der Waals surface area contributed by atoms with Gasteiger partial charge in [-0.25, -0.2) is 19.2 Å². The molecule has 0 fully saturated rings. The summed E-state index contributed by atoms with van der Waals surface area (Å²) in [6.07, 6.45) is 0. The fourth-order valence-corrected chi connectivity index (χ4v) is 6.73. The van der Waals surface area contributed by atoms with E-state index in [1.165, 1.54) is 14.2 Å². The molecule has 2 aromatic rings. The largest absolute Gasteiger partial charge is 0.466 e. The predicted octanol–water partition coefficient (Wildman–Crippen LogP) is 4.53. The average Bonchev–Trinajstić information content (AvgIpc) is 3.18. The highest BCUT2D eigenvalue weighted by molar-refractivity contribution is 6.32. The Kier molecular flexibility index (Phi) is 18.6. The van der Waals surface area contributed by atoms with Crippen LogP contribution < -0.4 is 22.1 Å². The van der Waals surface area contributed by atoms with Crippen LogP contribution in [-0.4, -0.2) is 90.8 Å². The monoisotopic (exact) mass is 816 g/mol. The first kappa shape index (κ1) is 45.7.